The summed E-state index contributed by atoms with van der Waals surface area (Å²) in [6.07, 6.45) is 1.65. The molecular weight excluding hydrogens is 455 g/mol. The predicted octanol–water partition coefficient (Wildman–Crippen LogP) is 6.28. The van der Waals surface area contributed by atoms with Crippen molar-refractivity contribution in [2.24, 2.45) is 11.3 Å². The van der Waals surface area contributed by atoms with Crippen LogP contribution in [0, 0.1) is 11.3 Å². The molecule has 2 aromatic rings. The van der Waals surface area contributed by atoms with Gasteiger partial charge in [-0.25, -0.2) is 0 Å². The quantitative estimate of drug-likeness (QED) is 0.552. The second-order valence-electron chi connectivity index (χ2n) is 10.2. The number of amides is 2. The molecule has 6 heteroatoms. The Bertz CT molecular complexity index is 1070. The summed E-state index contributed by atoms with van der Waals surface area (Å²) in [6.45, 7) is 8.18. The van der Waals surface area contributed by atoms with Gasteiger partial charge in [-0.2, -0.15) is 0 Å². The molecule has 2 aromatic carbocycles. The monoisotopic (exact) mass is 486 g/mol. The smallest absolute Gasteiger partial charge is 0.253 e. The summed E-state index contributed by atoms with van der Waals surface area (Å²) in [5.74, 6) is 0.477. The summed E-state index contributed by atoms with van der Waals surface area (Å²) in [5.41, 5.74) is 2.38. The van der Waals surface area contributed by atoms with Gasteiger partial charge in [0.2, 0.25) is 5.91 Å². The molecule has 4 rings (SSSR count). The van der Waals surface area contributed by atoms with E-state index in [2.05, 4.69) is 31.3 Å². The lowest BCUT2D eigenvalue weighted by molar-refractivity contribution is -0.129. The molecular formula is C27H32Cl2N2O2. The summed E-state index contributed by atoms with van der Waals surface area (Å²) in [7, 11) is 1.80. The minimum absolute atomic E-state index is 0.0388. The molecule has 1 N–H and O–H groups in total. The van der Waals surface area contributed by atoms with Crippen LogP contribution < -0.4 is 5.32 Å². The molecule has 5 atom stereocenters. The summed E-state index contributed by atoms with van der Waals surface area (Å²) in [4.78, 5) is 27.5. The lowest BCUT2D eigenvalue weighted by atomic mass is 9.56. The summed E-state index contributed by atoms with van der Waals surface area (Å²) < 4.78 is 0. The average molecular weight is 487 g/mol. The number of rotatable bonds is 4. The standard InChI is InChI=1S/C27H32Cl2N2O2/c1-15(2)31(5)25(32)18-8-11-20(22(29)14-18)21-12-13-27(4)24(16(3)30-26(27)33)23(21)17-6-9-19(28)10-7-17/h6-11,14-16,21,23-24H,12-13H2,1-5H3,(H,30,33)/t16-,21+,23+,24+,27-/m1/s1. The number of carbonyl (C=O) groups is 2. The highest BCUT2D eigenvalue weighted by Gasteiger charge is 2.57. The second-order valence-corrected chi connectivity index (χ2v) is 11.0. The number of halogens is 2. The van der Waals surface area contributed by atoms with Crippen molar-refractivity contribution >= 4 is 35.0 Å². The fraction of sp³-hybridized carbons (Fsp3) is 0.481. The van der Waals surface area contributed by atoms with E-state index in [0.29, 0.717) is 15.6 Å². The molecule has 0 aromatic heterocycles. The number of benzene rings is 2. The number of carbonyl (C=O) groups excluding carboxylic acids is 2. The van der Waals surface area contributed by atoms with E-state index in [1.54, 1.807) is 18.0 Å². The van der Waals surface area contributed by atoms with Crippen molar-refractivity contribution in [2.45, 2.75) is 64.5 Å². The highest BCUT2D eigenvalue weighted by Crippen LogP contribution is 2.59. The molecule has 0 spiro atoms. The normalized spacial score (nSPS) is 29.0. The molecule has 0 bridgehead atoms. The molecule has 1 heterocycles. The first-order valence-electron chi connectivity index (χ1n) is 11.7. The van der Waals surface area contributed by atoms with Gasteiger partial charge in [-0.15, -0.1) is 0 Å². The van der Waals surface area contributed by atoms with Crippen molar-refractivity contribution in [3.05, 3.63) is 69.2 Å². The van der Waals surface area contributed by atoms with Gasteiger partial charge in [0, 0.05) is 40.7 Å². The van der Waals surface area contributed by atoms with Crippen molar-refractivity contribution in [3.8, 4) is 0 Å². The first-order valence-corrected chi connectivity index (χ1v) is 12.4. The first-order chi connectivity index (χ1) is 15.5. The van der Waals surface area contributed by atoms with Crippen molar-refractivity contribution < 1.29 is 9.59 Å². The molecule has 2 amide bonds. The van der Waals surface area contributed by atoms with Crippen LogP contribution in [0.15, 0.2) is 42.5 Å². The number of hydrogen-bond acceptors (Lipinski definition) is 2. The lowest BCUT2D eigenvalue weighted by Crippen LogP contribution is -2.42. The summed E-state index contributed by atoms with van der Waals surface area (Å²) in [6, 6.07) is 13.8. The van der Waals surface area contributed by atoms with Crippen LogP contribution in [0.4, 0.5) is 0 Å². The third-order valence-electron chi connectivity index (χ3n) is 7.94. The molecule has 2 aliphatic rings. The number of fused-ring (bicyclic) bond motifs is 1. The minimum atomic E-state index is -0.414. The van der Waals surface area contributed by atoms with E-state index < -0.39 is 5.41 Å². The topological polar surface area (TPSA) is 49.4 Å². The molecule has 0 unspecified atom stereocenters. The fourth-order valence-corrected chi connectivity index (χ4v) is 6.36. The molecule has 4 nitrogen and oxygen atoms in total. The predicted molar refractivity (Wildman–Crippen MR) is 134 cm³/mol. The van der Waals surface area contributed by atoms with Crippen LogP contribution in [0.1, 0.15) is 73.9 Å². The molecule has 176 valence electrons. The second kappa shape index (κ2) is 8.96. The Hall–Kier alpha value is -2.04. The van der Waals surface area contributed by atoms with Gasteiger partial charge < -0.3 is 10.2 Å². The highest BCUT2D eigenvalue weighted by molar-refractivity contribution is 6.32. The van der Waals surface area contributed by atoms with E-state index in [1.165, 1.54) is 5.56 Å². The molecule has 2 fully saturated rings. The molecule has 0 radical (unpaired) electrons. The molecule has 1 saturated carbocycles. The van der Waals surface area contributed by atoms with E-state index in [0.717, 1.165) is 18.4 Å². The Kier molecular flexibility index (Phi) is 6.54. The maximum absolute atomic E-state index is 12.9. The van der Waals surface area contributed by atoms with Crippen molar-refractivity contribution in [2.75, 3.05) is 7.05 Å². The number of nitrogens with one attached hydrogen (secondary N) is 1. The SMILES string of the molecule is CC(C)N(C)C(=O)c1ccc([C@@H]2CC[C@@]3(C)C(=O)N[C@H](C)[C@H]3[C@H]2c2ccc(Cl)cc2)c(Cl)c1. The minimum Gasteiger partial charge on any atom is -0.353 e. The third kappa shape index (κ3) is 4.17. The number of nitrogens with zero attached hydrogens (tertiary/aromatic N) is 1. The van der Waals surface area contributed by atoms with E-state index >= 15 is 0 Å². The molecule has 1 aliphatic carbocycles. The largest absolute Gasteiger partial charge is 0.353 e. The van der Waals surface area contributed by atoms with Gasteiger partial charge in [0.25, 0.3) is 5.91 Å². The van der Waals surface area contributed by atoms with Gasteiger partial charge >= 0.3 is 0 Å². The van der Waals surface area contributed by atoms with Crippen LogP contribution in [0.25, 0.3) is 0 Å². The van der Waals surface area contributed by atoms with Gasteiger partial charge in [0.05, 0.1) is 5.41 Å². The Morgan fingerprint density at radius 1 is 1.15 bits per heavy atom. The van der Waals surface area contributed by atoms with Gasteiger partial charge in [0.15, 0.2) is 0 Å². The zero-order valence-corrected chi connectivity index (χ0v) is 21.4. The van der Waals surface area contributed by atoms with Crippen molar-refractivity contribution in [1.82, 2.24) is 10.2 Å². The van der Waals surface area contributed by atoms with E-state index in [4.69, 9.17) is 23.2 Å². The number of hydrogen-bond donors (Lipinski definition) is 1. The lowest BCUT2D eigenvalue weighted by Gasteiger charge is -2.46. The zero-order valence-electron chi connectivity index (χ0n) is 19.9. The van der Waals surface area contributed by atoms with Crippen LogP contribution in [0.2, 0.25) is 10.0 Å². The zero-order chi connectivity index (χ0) is 24.1. The third-order valence-corrected chi connectivity index (χ3v) is 8.52. The summed E-state index contributed by atoms with van der Waals surface area (Å²) >= 11 is 13.0. The van der Waals surface area contributed by atoms with Gasteiger partial charge in [0.1, 0.15) is 0 Å². The van der Waals surface area contributed by atoms with Crippen LogP contribution in [-0.4, -0.2) is 35.8 Å². The Morgan fingerprint density at radius 2 is 1.82 bits per heavy atom. The van der Waals surface area contributed by atoms with E-state index in [-0.39, 0.29) is 41.7 Å². The Balaban J connectivity index is 1.77. The van der Waals surface area contributed by atoms with Gasteiger partial charge in [-0.1, -0.05) is 48.3 Å². The Labute approximate surface area is 206 Å². The average Bonchev–Trinajstić information content (AvgIpc) is 3.01. The first kappa shape index (κ1) is 24.1. The molecule has 33 heavy (non-hydrogen) atoms. The maximum atomic E-state index is 12.9. The van der Waals surface area contributed by atoms with Crippen LogP contribution in [0.5, 0.6) is 0 Å². The van der Waals surface area contributed by atoms with Crippen LogP contribution in [-0.2, 0) is 4.79 Å². The highest BCUT2D eigenvalue weighted by atomic mass is 35.5. The van der Waals surface area contributed by atoms with Gasteiger partial charge in [-0.3, -0.25) is 9.59 Å². The van der Waals surface area contributed by atoms with Crippen LogP contribution in [0.3, 0.4) is 0 Å². The summed E-state index contributed by atoms with van der Waals surface area (Å²) in [5, 5.41) is 4.50. The fourth-order valence-electron chi connectivity index (χ4n) is 5.91. The Morgan fingerprint density at radius 3 is 2.42 bits per heavy atom. The van der Waals surface area contributed by atoms with Crippen LogP contribution >= 0.6 is 23.2 Å². The van der Waals surface area contributed by atoms with E-state index in [9.17, 15) is 9.59 Å². The van der Waals surface area contributed by atoms with Crippen molar-refractivity contribution in [3.63, 3.8) is 0 Å². The molecule has 1 saturated heterocycles. The maximum Gasteiger partial charge on any atom is 0.253 e. The molecule has 1 aliphatic heterocycles. The van der Waals surface area contributed by atoms with Gasteiger partial charge in [-0.05, 0) is 80.8 Å². The van der Waals surface area contributed by atoms with Crippen molar-refractivity contribution in [1.29, 1.82) is 0 Å². The van der Waals surface area contributed by atoms with E-state index in [1.807, 2.05) is 38.1 Å².